The van der Waals surface area contributed by atoms with Gasteiger partial charge in [-0.3, -0.25) is 0 Å². The Kier molecular flexibility index (Phi) is 2.68. The van der Waals surface area contributed by atoms with E-state index in [1.807, 2.05) is 25.1 Å². The van der Waals surface area contributed by atoms with Crippen LogP contribution in [-0.4, -0.2) is 18.3 Å². The van der Waals surface area contributed by atoms with Crippen LogP contribution in [-0.2, 0) is 10.3 Å². The van der Waals surface area contributed by atoms with Crippen molar-refractivity contribution in [3.63, 3.8) is 0 Å². The summed E-state index contributed by atoms with van der Waals surface area (Å²) in [6.07, 6.45) is 0.878. The van der Waals surface area contributed by atoms with Crippen molar-refractivity contribution in [3.8, 4) is 0 Å². The number of aliphatic hydroxyl groups is 1. The van der Waals surface area contributed by atoms with Crippen molar-refractivity contribution in [2.45, 2.75) is 25.9 Å². The van der Waals surface area contributed by atoms with Crippen LogP contribution in [0.5, 0.6) is 0 Å². The highest BCUT2D eigenvalue weighted by molar-refractivity contribution is 5.78. The summed E-state index contributed by atoms with van der Waals surface area (Å²) in [6, 6.07) is 7.99. The predicted octanol–water partition coefficient (Wildman–Crippen LogP) is 2.99. The molecular formula is C15H18O3. The summed E-state index contributed by atoms with van der Waals surface area (Å²) in [4.78, 5) is 0. The number of aryl methyl sites for hydroxylation is 1. The minimum atomic E-state index is -0.955. The molecule has 1 aromatic heterocycles. The van der Waals surface area contributed by atoms with Gasteiger partial charge in [-0.2, -0.15) is 0 Å². The van der Waals surface area contributed by atoms with Crippen LogP contribution in [0, 0.1) is 12.8 Å². The standard InChI is InChI=1S/C15H18O3/c1-10-3-4-13-11(7-10)8-14(18-13)15(2,16)12-5-6-17-9-12/h3-4,7-8,12,16H,5-6,9H2,1-2H3. The van der Waals surface area contributed by atoms with Gasteiger partial charge in [0.1, 0.15) is 16.9 Å². The van der Waals surface area contributed by atoms with Crippen LogP contribution < -0.4 is 0 Å². The van der Waals surface area contributed by atoms with E-state index < -0.39 is 5.60 Å². The minimum Gasteiger partial charge on any atom is -0.458 e. The van der Waals surface area contributed by atoms with Gasteiger partial charge in [-0.1, -0.05) is 11.6 Å². The van der Waals surface area contributed by atoms with E-state index in [0.29, 0.717) is 12.4 Å². The SMILES string of the molecule is Cc1ccc2oc(C(C)(O)C3CCOC3)cc2c1. The first-order chi connectivity index (χ1) is 8.57. The second kappa shape index (κ2) is 4.11. The van der Waals surface area contributed by atoms with Gasteiger partial charge in [0.25, 0.3) is 0 Å². The molecule has 3 rings (SSSR count). The Bertz CT molecular complexity index is 562. The highest BCUT2D eigenvalue weighted by Gasteiger charge is 2.39. The molecule has 1 N–H and O–H groups in total. The van der Waals surface area contributed by atoms with Crippen molar-refractivity contribution in [1.29, 1.82) is 0 Å². The molecule has 0 aliphatic carbocycles. The van der Waals surface area contributed by atoms with E-state index in [1.54, 1.807) is 0 Å². The van der Waals surface area contributed by atoms with Crippen LogP contribution in [0.25, 0.3) is 11.0 Å². The Morgan fingerprint density at radius 3 is 2.89 bits per heavy atom. The molecule has 0 bridgehead atoms. The summed E-state index contributed by atoms with van der Waals surface area (Å²) < 4.78 is 11.2. The first kappa shape index (κ1) is 11.8. The Balaban J connectivity index is 2.02. The van der Waals surface area contributed by atoms with Crippen LogP contribution in [0.3, 0.4) is 0 Å². The number of rotatable bonds is 2. The smallest absolute Gasteiger partial charge is 0.136 e. The summed E-state index contributed by atoms with van der Waals surface area (Å²) in [5.74, 6) is 0.748. The molecule has 96 valence electrons. The fourth-order valence-electron chi connectivity index (χ4n) is 2.59. The Labute approximate surface area is 106 Å². The van der Waals surface area contributed by atoms with Gasteiger partial charge in [-0.15, -0.1) is 0 Å². The zero-order valence-corrected chi connectivity index (χ0v) is 10.8. The third-order valence-corrected chi connectivity index (χ3v) is 3.90. The van der Waals surface area contributed by atoms with Crippen molar-refractivity contribution in [2.75, 3.05) is 13.2 Å². The number of furan rings is 1. The van der Waals surface area contributed by atoms with Gasteiger partial charge < -0.3 is 14.3 Å². The molecule has 1 aliphatic heterocycles. The van der Waals surface area contributed by atoms with E-state index in [4.69, 9.17) is 9.15 Å². The first-order valence-corrected chi connectivity index (χ1v) is 6.38. The van der Waals surface area contributed by atoms with Crippen LogP contribution in [0.2, 0.25) is 0 Å². The summed E-state index contributed by atoms with van der Waals surface area (Å²) in [5.41, 5.74) is 1.07. The molecule has 0 saturated carbocycles. The van der Waals surface area contributed by atoms with Crippen molar-refractivity contribution >= 4 is 11.0 Å². The maximum atomic E-state index is 10.7. The summed E-state index contributed by atoms with van der Waals surface area (Å²) in [7, 11) is 0. The number of benzene rings is 1. The molecule has 0 radical (unpaired) electrons. The number of fused-ring (bicyclic) bond motifs is 1. The monoisotopic (exact) mass is 246 g/mol. The van der Waals surface area contributed by atoms with Gasteiger partial charge in [-0.25, -0.2) is 0 Å². The van der Waals surface area contributed by atoms with E-state index in [1.165, 1.54) is 5.56 Å². The van der Waals surface area contributed by atoms with Gasteiger partial charge in [-0.05, 0) is 38.5 Å². The summed E-state index contributed by atoms with van der Waals surface area (Å²) >= 11 is 0. The minimum absolute atomic E-state index is 0.110. The second-order valence-corrected chi connectivity index (χ2v) is 5.36. The van der Waals surface area contributed by atoms with E-state index in [-0.39, 0.29) is 5.92 Å². The van der Waals surface area contributed by atoms with Gasteiger partial charge in [0.05, 0.1) is 6.61 Å². The van der Waals surface area contributed by atoms with Gasteiger partial charge >= 0.3 is 0 Å². The van der Waals surface area contributed by atoms with E-state index in [2.05, 4.69) is 13.0 Å². The Morgan fingerprint density at radius 1 is 1.33 bits per heavy atom. The fourth-order valence-corrected chi connectivity index (χ4v) is 2.59. The van der Waals surface area contributed by atoms with Gasteiger partial charge in [0.15, 0.2) is 0 Å². The van der Waals surface area contributed by atoms with Crippen LogP contribution in [0.4, 0.5) is 0 Å². The Hall–Kier alpha value is -1.32. The van der Waals surface area contributed by atoms with E-state index >= 15 is 0 Å². The van der Waals surface area contributed by atoms with Crippen molar-refractivity contribution in [1.82, 2.24) is 0 Å². The van der Waals surface area contributed by atoms with Gasteiger partial charge in [0, 0.05) is 17.9 Å². The van der Waals surface area contributed by atoms with Crippen molar-refractivity contribution in [2.24, 2.45) is 5.92 Å². The van der Waals surface area contributed by atoms with Crippen molar-refractivity contribution in [3.05, 3.63) is 35.6 Å². The second-order valence-electron chi connectivity index (χ2n) is 5.36. The molecule has 2 atom stereocenters. The van der Waals surface area contributed by atoms with Crippen LogP contribution in [0.15, 0.2) is 28.7 Å². The lowest BCUT2D eigenvalue weighted by Gasteiger charge is -2.26. The average Bonchev–Trinajstić information content (AvgIpc) is 2.97. The molecule has 2 heterocycles. The van der Waals surface area contributed by atoms with Crippen LogP contribution >= 0.6 is 0 Å². The highest BCUT2D eigenvalue weighted by Crippen LogP contribution is 2.37. The van der Waals surface area contributed by atoms with E-state index in [0.717, 1.165) is 24.0 Å². The third-order valence-electron chi connectivity index (χ3n) is 3.90. The van der Waals surface area contributed by atoms with Crippen LogP contribution in [0.1, 0.15) is 24.7 Å². The molecule has 18 heavy (non-hydrogen) atoms. The summed E-state index contributed by atoms with van der Waals surface area (Å²) in [6.45, 7) is 5.19. The molecule has 0 spiro atoms. The molecule has 3 nitrogen and oxygen atoms in total. The molecule has 1 aromatic carbocycles. The largest absolute Gasteiger partial charge is 0.458 e. The maximum absolute atomic E-state index is 10.7. The number of hydrogen-bond acceptors (Lipinski definition) is 3. The molecule has 3 heteroatoms. The lowest BCUT2D eigenvalue weighted by atomic mass is 9.86. The van der Waals surface area contributed by atoms with Gasteiger partial charge in [0.2, 0.25) is 0 Å². The summed E-state index contributed by atoms with van der Waals surface area (Å²) in [5, 5.41) is 11.7. The molecule has 2 aromatic rings. The lowest BCUT2D eigenvalue weighted by Crippen LogP contribution is -2.31. The predicted molar refractivity (Wildman–Crippen MR) is 69.4 cm³/mol. The third kappa shape index (κ3) is 1.84. The maximum Gasteiger partial charge on any atom is 0.136 e. The number of ether oxygens (including phenoxy) is 1. The molecule has 1 saturated heterocycles. The lowest BCUT2D eigenvalue weighted by molar-refractivity contribution is -0.0266. The number of hydrogen-bond donors (Lipinski definition) is 1. The molecule has 1 fully saturated rings. The zero-order chi connectivity index (χ0) is 12.8. The topological polar surface area (TPSA) is 42.6 Å². The first-order valence-electron chi connectivity index (χ1n) is 6.38. The highest BCUT2D eigenvalue weighted by atomic mass is 16.5. The molecule has 0 amide bonds. The molecular weight excluding hydrogens is 228 g/mol. The molecule has 1 aliphatic rings. The average molecular weight is 246 g/mol. The van der Waals surface area contributed by atoms with Crippen molar-refractivity contribution < 1.29 is 14.3 Å². The quantitative estimate of drug-likeness (QED) is 0.885. The zero-order valence-electron chi connectivity index (χ0n) is 10.8. The fraction of sp³-hybridized carbons (Fsp3) is 0.467. The van der Waals surface area contributed by atoms with E-state index in [9.17, 15) is 5.11 Å². The Morgan fingerprint density at radius 2 is 2.17 bits per heavy atom. The molecule has 2 unspecified atom stereocenters. The normalized spacial score (nSPS) is 23.4.